The van der Waals surface area contributed by atoms with Crippen molar-refractivity contribution in [1.29, 1.82) is 0 Å². The van der Waals surface area contributed by atoms with Crippen molar-refractivity contribution in [3.8, 4) is 11.5 Å². The van der Waals surface area contributed by atoms with Crippen LogP contribution in [-0.2, 0) is 0 Å². The molecule has 0 aromatic heterocycles. The maximum Gasteiger partial charge on any atom is 0.130 e. The number of para-hydroxylation sites is 2. The molecule has 0 bridgehead atoms. The van der Waals surface area contributed by atoms with E-state index < -0.39 is 0 Å². The lowest BCUT2D eigenvalue weighted by molar-refractivity contribution is 0.479. The number of hydrogen-bond acceptors (Lipinski definition) is 1. The largest absolute Gasteiger partial charge is 0.457 e. The van der Waals surface area contributed by atoms with E-state index in [0.29, 0.717) is 0 Å². The monoisotopic (exact) mass is 270 g/mol. The molecule has 0 saturated heterocycles. The number of rotatable bonds is 2. The highest BCUT2D eigenvalue weighted by molar-refractivity contribution is 5.36. The standard InChI is InChI=1S/C13H12O.C4H8.C2H6/c1-11-7-5-6-10-13(11)14-12-8-3-2-4-9-12;1-3-4-2;1-2/h2-10H,1H3;3-4H,1-2H3;1-2H3/b;4-3-;. The zero-order chi connectivity index (χ0) is 15.2. The first-order valence-corrected chi connectivity index (χ1v) is 7.13. The van der Waals surface area contributed by atoms with Gasteiger partial charge in [-0.2, -0.15) is 0 Å². The van der Waals surface area contributed by atoms with E-state index in [-0.39, 0.29) is 0 Å². The Hall–Kier alpha value is -2.02. The summed E-state index contributed by atoms with van der Waals surface area (Å²) in [6.07, 6.45) is 4.00. The third-order valence-corrected chi connectivity index (χ3v) is 2.40. The number of hydrogen-bond donors (Lipinski definition) is 0. The van der Waals surface area contributed by atoms with Gasteiger partial charge < -0.3 is 4.74 Å². The molecule has 0 saturated carbocycles. The van der Waals surface area contributed by atoms with Gasteiger partial charge in [0, 0.05) is 0 Å². The molecule has 1 heteroatoms. The molecule has 0 aliphatic carbocycles. The summed E-state index contributed by atoms with van der Waals surface area (Å²) < 4.78 is 5.71. The first kappa shape index (κ1) is 18.0. The van der Waals surface area contributed by atoms with Gasteiger partial charge in [0.15, 0.2) is 0 Å². The number of aryl methyl sites for hydroxylation is 1. The van der Waals surface area contributed by atoms with Crippen LogP contribution < -0.4 is 4.74 Å². The maximum atomic E-state index is 5.71. The summed E-state index contributed by atoms with van der Waals surface area (Å²) in [5.74, 6) is 1.79. The predicted molar refractivity (Wildman–Crippen MR) is 89.5 cm³/mol. The quantitative estimate of drug-likeness (QED) is 0.574. The highest BCUT2D eigenvalue weighted by Gasteiger charge is 1.98. The Bertz CT molecular complexity index is 468. The van der Waals surface area contributed by atoms with E-state index in [1.165, 1.54) is 0 Å². The summed E-state index contributed by atoms with van der Waals surface area (Å²) in [6, 6.07) is 17.8. The van der Waals surface area contributed by atoms with Gasteiger partial charge in [-0.1, -0.05) is 62.4 Å². The van der Waals surface area contributed by atoms with Crippen LogP contribution in [0, 0.1) is 6.92 Å². The molecule has 0 radical (unpaired) electrons. The van der Waals surface area contributed by atoms with Gasteiger partial charge >= 0.3 is 0 Å². The van der Waals surface area contributed by atoms with Crippen LogP contribution >= 0.6 is 0 Å². The maximum absolute atomic E-state index is 5.71. The molecule has 0 atom stereocenters. The van der Waals surface area contributed by atoms with Gasteiger partial charge in [0.1, 0.15) is 11.5 Å². The van der Waals surface area contributed by atoms with E-state index >= 15 is 0 Å². The second-order valence-electron chi connectivity index (χ2n) is 3.85. The molecule has 0 aliphatic rings. The van der Waals surface area contributed by atoms with Gasteiger partial charge in [-0.15, -0.1) is 0 Å². The van der Waals surface area contributed by atoms with Crippen molar-refractivity contribution in [3.05, 3.63) is 72.3 Å². The SMILES string of the molecule is C/C=C\C.CC.Cc1ccccc1Oc1ccccc1. The van der Waals surface area contributed by atoms with Gasteiger partial charge in [-0.05, 0) is 44.5 Å². The first-order valence-electron chi connectivity index (χ1n) is 7.13. The molecule has 2 aromatic rings. The fraction of sp³-hybridized carbons (Fsp3) is 0.263. The van der Waals surface area contributed by atoms with Crippen molar-refractivity contribution in [2.45, 2.75) is 34.6 Å². The van der Waals surface area contributed by atoms with Crippen LogP contribution in [0.1, 0.15) is 33.3 Å². The second-order valence-corrected chi connectivity index (χ2v) is 3.85. The van der Waals surface area contributed by atoms with Crippen molar-refractivity contribution in [3.63, 3.8) is 0 Å². The smallest absolute Gasteiger partial charge is 0.130 e. The topological polar surface area (TPSA) is 9.23 Å². The van der Waals surface area contributed by atoms with Crippen LogP contribution in [0.15, 0.2) is 66.7 Å². The van der Waals surface area contributed by atoms with E-state index in [4.69, 9.17) is 4.74 Å². The Labute approximate surface area is 123 Å². The van der Waals surface area contributed by atoms with Gasteiger partial charge in [0.2, 0.25) is 0 Å². The van der Waals surface area contributed by atoms with Gasteiger partial charge in [-0.3, -0.25) is 0 Å². The van der Waals surface area contributed by atoms with Crippen LogP contribution in [0.3, 0.4) is 0 Å². The molecule has 2 rings (SSSR count). The summed E-state index contributed by atoms with van der Waals surface area (Å²) in [7, 11) is 0. The minimum absolute atomic E-state index is 0.877. The predicted octanol–water partition coefficient (Wildman–Crippen LogP) is 6.40. The molecule has 1 nitrogen and oxygen atoms in total. The fourth-order valence-corrected chi connectivity index (χ4v) is 1.29. The molecule has 0 N–H and O–H groups in total. The van der Waals surface area contributed by atoms with Crippen LogP contribution in [0.25, 0.3) is 0 Å². The van der Waals surface area contributed by atoms with E-state index in [9.17, 15) is 0 Å². The summed E-state index contributed by atoms with van der Waals surface area (Å²) >= 11 is 0. The zero-order valence-electron chi connectivity index (χ0n) is 13.3. The minimum Gasteiger partial charge on any atom is -0.457 e. The average molecular weight is 270 g/mol. The number of allylic oxidation sites excluding steroid dienone is 2. The Morgan fingerprint density at radius 1 is 0.750 bits per heavy atom. The third kappa shape index (κ3) is 7.42. The molecule has 0 amide bonds. The third-order valence-electron chi connectivity index (χ3n) is 2.40. The van der Waals surface area contributed by atoms with E-state index in [0.717, 1.165) is 17.1 Å². The summed E-state index contributed by atoms with van der Waals surface area (Å²) in [5.41, 5.74) is 1.15. The molecule has 0 heterocycles. The molecule has 108 valence electrons. The fourth-order valence-electron chi connectivity index (χ4n) is 1.29. The number of ether oxygens (including phenoxy) is 1. The molecule has 0 spiro atoms. The lowest BCUT2D eigenvalue weighted by Crippen LogP contribution is -1.85. The van der Waals surface area contributed by atoms with Crippen LogP contribution in [0.5, 0.6) is 11.5 Å². The highest BCUT2D eigenvalue weighted by atomic mass is 16.5. The Kier molecular flexibility index (Phi) is 10.8. The molecular formula is C19H26O. The van der Waals surface area contributed by atoms with Crippen LogP contribution in [0.4, 0.5) is 0 Å². The van der Waals surface area contributed by atoms with Crippen LogP contribution in [-0.4, -0.2) is 0 Å². The lowest BCUT2D eigenvalue weighted by atomic mass is 10.2. The number of benzene rings is 2. The molecule has 0 fully saturated rings. The molecule has 20 heavy (non-hydrogen) atoms. The van der Waals surface area contributed by atoms with E-state index in [1.54, 1.807) is 0 Å². The van der Waals surface area contributed by atoms with Crippen molar-refractivity contribution < 1.29 is 4.74 Å². The normalized spacial score (nSPS) is 9.05. The Balaban J connectivity index is 0.000000521. The minimum atomic E-state index is 0.877. The van der Waals surface area contributed by atoms with E-state index in [1.807, 2.05) is 101 Å². The molecule has 0 unspecified atom stereocenters. The van der Waals surface area contributed by atoms with Crippen molar-refractivity contribution in [2.24, 2.45) is 0 Å². The van der Waals surface area contributed by atoms with Crippen molar-refractivity contribution in [1.82, 2.24) is 0 Å². The highest BCUT2D eigenvalue weighted by Crippen LogP contribution is 2.23. The summed E-state index contributed by atoms with van der Waals surface area (Å²) in [5, 5.41) is 0. The van der Waals surface area contributed by atoms with Crippen molar-refractivity contribution >= 4 is 0 Å². The lowest BCUT2D eigenvalue weighted by Gasteiger charge is -2.07. The Morgan fingerprint density at radius 2 is 1.25 bits per heavy atom. The zero-order valence-corrected chi connectivity index (χ0v) is 13.3. The van der Waals surface area contributed by atoms with Crippen LogP contribution in [0.2, 0.25) is 0 Å². The van der Waals surface area contributed by atoms with E-state index in [2.05, 4.69) is 0 Å². The summed E-state index contributed by atoms with van der Waals surface area (Å²) in [4.78, 5) is 0. The molecular weight excluding hydrogens is 244 g/mol. The second kappa shape index (κ2) is 12.0. The molecule has 0 aliphatic heterocycles. The van der Waals surface area contributed by atoms with Gasteiger partial charge in [0.05, 0.1) is 0 Å². The summed E-state index contributed by atoms with van der Waals surface area (Å²) in [6.45, 7) is 10.0. The van der Waals surface area contributed by atoms with Gasteiger partial charge in [0.25, 0.3) is 0 Å². The Morgan fingerprint density at radius 3 is 1.75 bits per heavy atom. The average Bonchev–Trinajstić information content (AvgIpc) is 2.53. The van der Waals surface area contributed by atoms with Gasteiger partial charge in [-0.25, -0.2) is 0 Å². The first-order chi connectivity index (χ1) is 9.77. The van der Waals surface area contributed by atoms with Crippen molar-refractivity contribution in [2.75, 3.05) is 0 Å². The molecule has 2 aromatic carbocycles.